The van der Waals surface area contributed by atoms with E-state index in [2.05, 4.69) is 40.5 Å². The maximum absolute atomic E-state index is 12.3. The molecule has 2 aromatic rings. The quantitative estimate of drug-likeness (QED) is 0.878. The van der Waals surface area contributed by atoms with Crippen molar-refractivity contribution in [3.8, 4) is 5.75 Å². The van der Waals surface area contributed by atoms with E-state index in [0.717, 1.165) is 39.0 Å². The minimum Gasteiger partial charge on any atom is -0.497 e. The molecule has 0 bridgehead atoms. The number of methoxy groups -OCH3 is 1. The first-order valence-electron chi connectivity index (χ1n) is 8.93. The average Bonchev–Trinajstić information content (AvgIpc) is 2.68. The second kappa shape index (κ2) is 8.67. The molecule has 0 spiro atoms. The first kappa shape index (κ1) is 17.5. The van der Waals surface area contributed by atoms with Gasteiger partial charge in [-0.15, -0.1) is 0 Å². The summed E-state index contributed by atoms with van der Waals surface area (Å²) >= 11 is 0. The van der Waals surface area contributed by atoms with Crippen molar-refractivity contribution < 1.29 is 9.53 Å². The molecule has 3 rings (SSSR count). The number of ether oxygens (including phenoxy) is 1. The Morgan fingerprint density at radius 1 is 1.12 bits per heavy atom. The summed E-state index contributed by atoms with van der Waals surface area (Å²) in [6, 6.07) is 17.9. The molecule has 0 aliphatic carbocycles. The summed E-state index contributed by atoms with van der Waals surface area (Å²) in [6.07, 6.45) is 2.26. The summed E-state index contributed by atoms with van der Waals surface area (Å²) in [7, 11) is 1.61. The highest BCUT2D eigenvalue weighted by atomic mass is 16.5. The van der Waals surface area contributed by atoms with Crippen LogP contribution in [0, 0.1) is 5.92 Å². The SMILES string of the molecule is COc1cccc(C(=O)NCC2CCN(Cc3ccccc3)CC2)c1. The Morgan fingerprint density at radius 2 is 1.88 bits per heavy atom. The molecule has 132 valence electrons. The number of hydrogen-bond acceptors (Lipinski definition) is 3. The summed E-state index contributed by atoms with van der Waals surface area (Å²) in [4.78, 5) is 14.8. The van der Waals surface area contributed by atoms with Gasteiger partial charge >= 0.3 is 0 Å². The molecular formula is C21H26N2O2. The molecule has 1 aliphatic heterocycles. The maximum atomic E-state index is 12.3. The van der Waals surface area contributed by atoms with Crippen LogP contribution in [0.2, 0.25) is 0 Å². The van der Waals surface area contributed by atoms with Crippen molar-refractivity contribution in [1.29, 1.82) is 0 Å². The number of hydrogen-bond donors (Lipinski definition) is 1. The summed E-state index contributed by atoms with van der Waals surface area (Å²) in [5, 5.41) is 3.07. The maximum Gasteiger partial charge on any atom is 0.251 e. The third-order valence-corrected chi connectivity index (χ3v) is 4.84. The second-order valence-electron chi connectivity index (χ2n) is 6.65. The zero-order valence-electron chi connectivity index (χ0n) is 14.8. The van der Waals surface area contributed by atoms with E-state index in [1.807, 2.05) is 18.2 Å². The van der Waals surface area contributed by atoms with Crippen LogP contribution in [0.15, 0.2) is 54.6 Å². The molecule has 25 heavy (non-hydrogen) atoms. The number of rotatable bonds is 6. The molecule has 2 aromatic carbocycles. The molecule has 0 saturated carbocycles. The zero-order valence-corrected chi connectivity index (χ0v) is 14.8. The van der Waals surface area contributed by atoms with Crippen LogP contribution in [0.1, 0.15) is 28.8 Å². The number of nitrogens with one attached hydrogen (secondary N) is 1. The molecule has 1 fully saturated rings. The molecule has 0 aromatic heterocycles. The summed E-state index contributed by atoms with van der Waals surface area (Å²) in [6.45, 7) is 3.95. The molecule has 1 saturated heterocycles. The fourth-order valence-electron chi connectivity index (χ4n) is 3.29. The number of likely N-dealkylation sites (tertiary alicyclic amines) is 1. The van der Waals surface area contributed by atoms with Gasteiger partial charge in [0.25, 0.3) is 5.91 Å². The van der Waals surface area contributed by atoms with E-state index in [4.69, 9.17) is 4.74 Å². The van der Waals surface area contributed by atoms with Crippen LogP contribution in [0.3, 0.4) is 0 Å². The van der Waals surface area contributed by atoms with Crippen molar-refractivity contribution in [2.24, 2.45) is 5.92 Å². The Labute approximate surface area is 149 Å². The first-order chi connectivity index (χ1) is 12.2. The normalized spacial score (nSPS) is 15.7. The summed E-state index contributed by atoms with van der Waals surface area (Å²) < 4.78 is 5.17. The Morgan fingerprint density at radius 3 is 2.60 bits per heavy atom. The molecule has 1 N–H and O–H groups in total. The lowest BCUT2D eigenvalue weighted by molar-refractivity contribution is 0.0935. The Kier molecular flexibility index (Phi) is 6.07. The Balaban J connectivity index is 1.42. The molecule has 0 radical (unpaired) electrons. The average molecular weight is 338 g/mol. The highest BCUT2D eigenvalue weighted by Gasteiger charge is 2.20. The molecule has 0 atom stereocenters. The molecule has 1 amide bonds. The largest absolute Gasteiger partial charge is 0.497 e. The van der Waals surface area contributed by atoms with Crippen molar-refractivity contribution in [3.63, 3.8) is 0 Å². The van der Waals surface area contributed by atoms with Crippen LogP contribution >= 0.6 is 0 Å². The topological polar surface area (TPSA) is 41.6 Å². The highest BCUT2D eigenvalue weighted by Crippen LogP contribution is 2.19. The lowest BCUT2D eigenvalue weighted by Crippen LogP contribution is -2.38. The van der Waals surface area contributed by atoms with E-state index < -0.39 is 0 Å². The van der Waals surface area contributed by atoms with E-state index in [-0.39, 0.29) is 5.91 Å². The smallest absolute Gasteiger partial charge is 0.251 e. The minimum absolute atomic E-state index is 0.0226. The van der Waals surface area contributed by atoms with Gasteiger partial charge in [-0.1, -0.05) is 36.4 Å². The summed E-state index contributed by atoms with van der Waals surface area (Å²) in [5.41, 5.74) is 2.02. The predicted molar refractivity (Wildman–Crippen MR) is 99.8 cm³/mol. The van der Waals surface area contributed by atoms with E-state index in [1.165, 1.54) is 5.56 Å². The van der Waals surface area contributed by atoms with Gasteiger partial charge in [0.1, 0.15) is 5.75 Å². The molecule has 4 heteroatoms. The zero-order chi connectivity index (χ0) is 17.5. The van der Waals surface area contributed by atoms with Gasteiger partial charge in [0.15, 0.2) is 0 Å². The second-order valence-corrected chi connectivity index (χ2v) is 6.65. The number of piperidine rings is 1. The predicted octanol–water partition coefficient (Wildman–Crippen LogP) is 3.34. The lowest BCUT2D eigenvalue weighted by Gasteiger charge is -2.32. The monoisotopic (exact) mass is 338 g/mol. The van der Waals surface area contributed by atoms with Crippen LogP contribution in [0.25, 0.3) is 0 Å². The first-order valence-corrected chi connectivity index (χ1v) is 8.93. The van der Waals surface area contributed by atoms with Gasteiger partial charge in [-0.05, 0) is 55.6 Å². The van der Waals surface area contributed by atoms with Crippen LogP contribution in [-0.4, -0.2) is 37.6 Å². The van der Waals surface area contributed by atoms with Crippen LogP contribution in [0.4, 0.5) is 0 Å². The van der Waals surface area contributed by atoms with Crippen molar-refractivity contribution in [3.05, 3.63) is 65.7 Å². The van der Waals surface area contributed by atoms with Gasteiger partial charge in [-0.3, -0.25) is 9.69 Å². The van der Waals surface area contributed by atoms with Gasteiger partial charge in [0, 0.05) is 18.7 Å². The Hall–Kier alpha value is -2.33. The van der Waals surface area contributed by atoms with Crippen LogP contribution in [-0.2, 0) is 6.54 Å². The van der Waals surface area contributed by atoms with Crippen molar-refractivity contribution in [1.82, 2.24) is 10.2 Å². The van der Waals surface area contributed by atoms with Crippen molar-refractivity contribution >= 4 is 5.91 Å². The summed E-state index contributed by atoms with van der Waals surface area (Å²) in [5.74, 6) is 1.24. The highest BCUT2D eigenvalue weighted by molar-refractivity contribution is 5.94. The molecule has 0 unspecified atom stereocenters. The Bertz CT molecular complexity index is 679. The number of benzene rings is 2. The minimum atomic E-state index is -0.0226. The van der Waals surface area contributed by atoms with Crippen LogP contribution in [0.5, 0.6) is 5.75 Å². The molecule has 1 aliphatic rings. The van der Waals surface area contributed by atoms with E-state index >= 15 is 0 Å². The van der Waals surface area contributed by atoms with Gasteiger partial charge in [-0.2, -0.15) is 0 Å². The van der Waals surface area contributed by atoms with Gasteiger partial charge in [0.05, 0.1) is 7.11 Å². The number of amides is 1. The standard InChI is InChI=1S/C21H26N2O2/c1-25-20-9-5-8-19(14-20)21(24)22-15-17-10-12-23(13-11-17)16-18-6-3-2-4-7-18/h2-9,14,17H,10-13,15-16H2,1H3,(H,22,24). The third kappa shape index (κ3) is 5.07. The van der Waals surface area contributed by atoms with Crippen LogP contribution < -0.4 is 10.1 Å². The molecule has 1 heterocycles. The van der Waals surface area contributed by atoms with Crippen molar-refractivity contribution in [2.75, 3.05) is 26.7 Å². The van der Waals surface area contributed by atoms with Crippen molar-refractivity contribution in [2.45, 2.75) is 19.4 Å². The molecule has 4 nitrogen and oxygen atoms in total. The fourth-order valence-corrected chi connectivity index (χ4v) is 3.29. The third-order valence-electron chi connectivity index (χ3n) is 4.84. The number of carbonyl (C=O) groups is 1. The fraction of sp³-hybridized carbons (Fsp3) is 0.381. The van der Waals surface area contributed by atoms with Gasteiger partial charge < -0.3 is 10.1 Å². The van der Waals surface area contributed by atoms with E-state index in [9.17, 15) is 4.79 Å². The van der Waals surface area contributed by atoms with E-state index in [1.54, 1.807) is 13.2 Å². The number of nitrogens with zero attached hydrogens (tertiary/aromatic N) is 1. The molecular weight excluding hydrogens is 312 g/mol. The van der Waals surface area contributed by atoms with Gasteiger partial charge in [-0.25, -0.2) is 0 Å². The number of carbonyl (C=O) groups excluding carboxylic acids is 1. The van der Waals surface area contributed by atoms with Gasteiger partial charge in [0.2, 0.25) is 0 Å². The van der Waals surface area contributed by atoms with E-state index in [0.29, 0.717) is 17.2 Å². The lowest BCUT2D eigenvalue weighted by atomic mass is 9.96.